The van der Waals surface area contributed by atoms with E-state index >= 15 is 0 Å². The van der Waals surface area contributed by atoms with Crippen LogP contribution in [-0.4, -0.2) is 52.4 Å². The SMILES string of the molecule is COc1ccc(-c2nnc(C3([C@@H]4CCN(C(=O)[C@H](C)C(F)(F)F)C[C@@H]4C)CC3)o2)cn1. The molecule has 1 aliphatic heterocycles. The number of hydrogen-bond acceptors (Lipinski definition) is 6. The number of aromatic nitrogens is 3. The largest absolute Gasteiger partial charge is 0.481 e. The first kappa shape index (κ1) is 21.6. The van der Waals surface area contributed by atoms with Crippen LogP contribution in [-0.2, 0) is 10.2 Å². The van der Waals surface area contributed by atoms with E-state index in [4.69, 9.17) is 9.15 Å². The third kappa shape index (κ3) is 3.99. The Kier molecular flexibility index (Phi) is 5.43. The third-order valence-electron chi connectivity index (χ3n) is 6.62. The third-order valence-corrected chi connectivity index (χ3v) is 6.62. The second kappa shape index (κ2) is 7.80. The van der Waals surface area contributed by atoms with Gasteiger partial charge < -0.3 is 14.1 Å². The Hall–Kier alpha value is -2.65. The van der Waals surface area contributed by atoms with E-state index in [2.05, 4.69) is 15.2 Å². The summed E-state index contributed by atoms with van der Waals surface area (Å²) in [5, 5.41) is 8.46. The first-order chi connectivity index (χ1) is 14.7. The molecule has 0 bridgehead atoms. The summed E-state index contributed by atoms with van der Waals surface area (Å²) in [6, 6.07) is 3.50. The van der Waals surface area contributed by atoms with Gasteiger partial charge in [-0.3, -0.25) is 4.79 Å². The van der Waals surface area contributed by atoms with E-state index in [0.717, 1.165) is 19.8 Å². The molecule has 2 aliphatic rings. The topological polar surface area (TPSA) is 81.4 Å². The smallest absolute Gasteiger partial charge is 0.400 e. The molecule has 4 rings (SSSR count). The lowest BCUT2D eigenvalue weighted by Crippen LogP contribution is -2.49. The van der Waals surface area contributed by atoms with Gasteiger partial charge in [0.1, 0.15) is 5.92 Å². The molecule has 1 saturated heterocycles. The number of amides is 1. The summed E-state index contributed by atoms with van der Waals surface area (Å²) in [5.41, 5.74) is 0.417. The molecule has 2 aromatic heterocycles. The molecule has 0 N–H and O–H groups in total. The summed E-state index contributed by atoms with van der Waals surface area (Å²) in [7, 11) is 1.54. The predicted octanol–water partition coefficient (Wildman–Crippen LogP) is 3.85. The van der Waals surface area contributed by atoms with E-state index in [1.807, 2.05) is 6.92 Å². The van der Waals surface area contributed by atoms with Crippen LogP contribution in [0.4, 0.5) is 13.2 Å². The minimum atomic E-state index is -4.52. The standard InChI is InChI=1S/C21H25F3N4O3/c1-12-11-28(18(29)13(2)21(22,23)24)9-6-15(12)20(7-8-20)19-27-26-17(31-19)14-4-5-16(30-3)25-10-14/h4-5,10,12-13,15H,6-9,11H2,1-3H3/t12-,13-,15+/m0/s1. The molecule has 3 atom stereocenters. The van der Waals surface area contributed by atoms with Gasteiger partial charge >= 0.3 is 6.18 Å². The molecule has 0 unspecified atom stereocenters. The number of piperidine rings is 1. The van der Waals surface area contributed by atoms with E-state index in [9.17, 15) is 18.0 Å². The zero-order chi connectivity index (χ0) is 22.4. The molecule has 2 fully saturated rings. The Bertz CT molecular complexity index is 940. The van der Waals surface area contributed by atoms with Crippen LogP contribution in [0.2, 0.25) is 0 Å². The number of carbonyl (C=O) groups excluding carboxylic acids is 1. The summed E-state index contributed by atoms with van der Waals surface area (Å²) in [5.74, 6) is -1.23. The number of alkyl halides is 3. The summed E-state index contributed by atoms with van der Waals surface area (Å²) in [6.07, 6.45) is -0.538. The Morgan fingerprint density at radius 3 is 2.61 bits per heavy atom. The quantitative estimate of drug-likeness (QED) is 0.705. The van der Waals surface area contributed by atoms with Crippen molar-refractivity contribution in [3.63, 3.8) is 0 Å². The van der Waals surface area contributed by atoms with Crippen molar-refractivity contribution in [1.82, 2.24) is 20.1 Å². The number of halogens is 3. The first-order valence-electron chi connectivity index (χ1n) is 10.4. The average molecular weight is 438 g/mol. The molecule has 2 aromatic rings. The van der Waals surface area contributed by atoms with Crippen molar-refractivity contribution in [3.05, 3.63) is 24.2 Å². The number of hydrogen-bond donors (Lipinski definition) is 0. The van der Waals surface area contributed by atoms with Crippen LogP contribution >= 0.6 is 0 Å². The van der Waals surface area contributed by atoms with Crippen molar-refractivity contribution in [1.29, 1.82) is 0 Å². The Labute approximate surface area is 178 Å². The number of methoxy groups -OCH3 is 1. The molecular formula is C21H25F3N4O3. The molecular weight excluding hydrogens is 413 g/mol. The molecule has 0 radical (unpaired) electrons. The predicted molar refractivity (Wildman–Crippen MR) is 104 cm³/mol. The molecule has 31 heavy (non-hydrogen) atoms. The molecule has 168 valence electrons. The maximum absolute atomic E-state index is 12.9. The Morgan fingerprint density at radius 2 is 2.06 bits per heavy atom. The van der Waals surface area contributed by atoms with Gasteiger partial charge in [-0.1, -0.05) is 6.92 Å². The Morgan fingerprint density at radius 1 is 1.32 bits per heavy atom. The fourth-order valence-electron chi connectivity index (χ4n) is 4.63. The molecule has 1 amide bonds. The zero-order valence-electron chi connectivity index (χ0n) is 17.6. The number of carbonyl (C=O) groups is 1. The number of likely N-dealkylation sites (tertiary alicyclic amines) is 1. The van der Waals surface area contributed by atoms with Crippen molar-refractivity contribution >= 4 is 5.91 Å². The number of nitrogens with zero attached hydrogens (tertiary/aromatic N) is 4. The molecule has 1 aliphatic carbocycles. The van der Waals surface area contributed by atoms with Crippen molar-refractivity contribution in [2.75, 3.05) is 20.2 Å². The lowest BCUT2D eigenvalue weighted by molar-refractivity contribution is -0.187. The van der Waals surface area contributed by atoms with Crippen LogP contribution < -0.4 is 4.74 Å². The van der Waals surface area contributed by atoms with Crippen molar-refractivity contribution < 1.29 is 27.1 Å². The van der Waals surface area contributed by atoms with Crippen LogP contribution in [0, 0.1) is 17.8 Å². The number of ether oxygens (including phenoxy) is 1. The highest BCUT2D eigenvalue weighted by Gasteiger charge is 2.57. The minimum Gasteiger partial charge on any atom is -0.481 e. The van der Waals surface area contributed by atoms with Gasteiger partial charge in [-0.2, -0.15) is 13.2 Å². The molecule has 0 spiro atoms. The second-order valence-electron chi connectivity index (χ2n) is 8.58. The van der Waals surface area contributed by atoms with Crippen molar-refractivity contribution in [2.45, 2.75) is 44.7 Å². The fourth-order valence-corrected chi connectivity index (χ4v) is 4.63. The van der Waals surface area contributed by atoms with Crippen LogP contribution in [0.15, 0.2) is 22.7 Å². The first-order valence-corrected chi connectivity index (χ1v) is 10.4. The van der Waals surface area contributed by atoms with Gasteiger partial charge in [-0.05, 0) is 44.1 Å². The van der Waals surface area contributed by atoms with Gasteiger partial charge in [0.2, 0.25) is 23.6 Å². The Balaban J connectivity index is 1.47. The summed E-state index contributed by atoms with van der Waals surface area (Å²) in [6.45, 7) is 3.51. The van der Waals surface area contributed by atoms with E-state index in [0.29, 0.717) is 42.7 Å². The zero-order valence-corrected chi connectivity index (χ0v) is 17.6. The van der Waals surface area contributed by atoms with E-state index in [1.165, 1.54) is 12.0 Å². The summed E-state index contributed by atoms with van der Waals surface area (Å²) >= 11 is 0. The summed E-state index contributed by atoms with van der Waals surface area (Å²) < 4.78 is 49.9. The van der Waals surface area contributed by atoms with Gasteiger partial charge in [-0.15, -0.1) is 10.2 Å². The van der Waals surface area contributed by atoms with Crippen molar-refractivity contribution in [2.24, 2.45) is 17.8 Å². The van der Waals surface area contributed by atoms with Crippen molar-refractivity contribution in [3.8, 4) is 17.3 Å². The van der Waals surface area contributed by atoms with Gasteiger partial charge in [0.15, 0.2) is 0 Å². The molecule has 7 nitrogen and oxygen atoms in total. The van der Waals surface area contributed by atoms with E-state index < -0.39 is 18.0 Å². The lowest BCUT2D eigenvalue weighted by Gasteiger charge is -2.41. The van der Waals surface area contributed by atoms with Gasteiger partial charge in [-0.25, -0.2) is 4.98 Å². The minimum absolute atomic E-state index is 0.0265. The lowest BCUT2D eigenvalue weighted by atomic mass is 9.75. The van der Waals surface area contributed by atoms with E-state index in [-0.39, 0.29) is 17.3 Å². The highest BCUT2D eigenvalue weighted by atomic mass is 19.4. The normalized spacial score (nSPS) is 24.0. The molecule has 10 heteroatoms. The van der Waals surface area contributed by atoms with Crippen LogP contribution in [0.3, 0.4) is 0 Å². The van der Waals surface area contributed by atoms with Crippen LogP contribution in [0.25, 0.3) is 11.5 Å². The monoisotopic (exact) mass is 438 g/mol. The molecule has 3 heterocycles. The maximum Gasteiger partial charge on any atom is 0.400 e. The molecule has 0 aromatic carbocycles. The number of pyridine rings is 1. The van der Waals surface area contributed by atoms with Gasteiger partial charge in [0, 0.05) is 25.4 Å². The van der Waals surface area contributed by atoms with Gasteiger partial charge in [0.05, 0.1) is 18.1 Å². The second-order valence-corrected chi connectivity index (χ2v) is 8.58. The van der Waals surface area contributed by atoms with Crippen LogP contribution in [0.5, 0.6) is 5.88 Å². The maximum atomic E-state index is 12.9. The highest BCUT2D eigenvalue weighted by Crippen LogP contribution is 2.58. The average Bonchev–Trinajstić information content (AvgIpc) is 3.40. The van der Waals surface area contributed by atoms with Gasteiger partial charge in [0.25, 0.3) is 0 Å². The molecule has 1 saturated carbocycles. The van der Waals surface area contributed by atoms with E-state index in [1.54, 1.807) is 18.3 Å². The number of rotatable bonds is 5. The summed E-state index contributed by atoms with van der Waals surface area (Å²) in [4.78, 5) is 17.8. The van der Waals surface area contributed by atoms with Crippen LogP contribution in [0.1, 0.15) is 39.0 Å². The fraction of sp³-hybridized carbons (Fsp3) is 0.619. The highest BCUT2D eigenvalue weighted by molar-refractivity contribution is 5.79.